The van der Waals surface area contributed by atoms with Crippen LogP contribution >= 0.6 is 0 Å². The first-order chi connectivity index (χ1) is 8.58. The molecule has 0 aromatic carbocycles. The third-order valence-corrected chi connectivity index (χ3v) is 4.79. The fourth-order valence-corrected chi connectivity index (χ4v) is 3.67. The Hall–Kier alpha value is -0.880. The molecule has 1 aliphatic rings. The maximum absolute atomic E-state index is 12.1. The van der Waals surface area contributed by atoms with Crippen LogP contribution < -0.4 is 4.72 Å². The van der Waals surface area contributed by atoms with Crippen molar-refractivity contribution in [3.63, 3.8) is 0 Å². The Labute approximate surface area is 109 Å². The molecular weight excluding hydrogens is 250 g/mol. The van der Waals surface area contributed by atoms with E-state index >= 15 is 0 Å². The van der Waals surface area contributed by atoms with E-state index in [1.807, 2.05) is 0 Å². The Morgan fingerprint density at radius 1 is 1.22 bits per heavy atom. The van der Waals surface area contributed by atoms with Gasteiger partial charge < -0.3 is 4.57 Å². The number of rotatable bonds is 3. The second-order valence-corrected chi connectivity index (χ2v) is 6.70. The summed E-state index contributed by atoms with van der Waals surface area (Å²) in [5.74, 6) is 0. The molecular formula is C12H21N3O2S. The molecule has 1 saturated carbocycles. The van der Waals surface area contributed by atoms with Crippen molar-refractivity contribution in [3.8, 4) is 0 Å². The van der Waals surface area contributed by atoms with E-state index in [-0.39, 0.29) is 11.1 Å². The number of aryl methyl sites for hydroxylation is 1. The van der Waals surface area contributed by atoms with Crippen molar-refractivity contribution in [2.75, 3.05) is 0 Å². The van der Waals surface area contributed by atoms with E-state index in [1.165, 1.54) is 31.8 Å². The molecule has 102 valence electrons. The molecule has 1 aromatic rings. The average molecular weight is 271 g/mol. The summed E-state index contributed by atoms with van der Waals surface area (Å²) in [4.78, 5) is 3.91. The molecule has 0 bridgehead atoms. The molecule has 0 aliphatic heterocycles. The number of sulfonamides is 1. The molecule has 1 fully saturated rings. The molecule has 0 radical (unpaired) electrons. The highest BCUT2D eigenvalue weighted by molar-refractivity contribution is 7.89. The molecule has 6 heteroatoms. The lowest BCUT2D eigenvalue weighted by Gasteiger charge is -2.20. The van der Waals surface area contributed by atoms with Gasteiger partial charge in [0.15, 0.2) is 5.03 Å². The van der Waals surface area contributed by atoms with Gasteiger partial charge in [-0.25, -0.2) is 18.1 Å². The van der Waals surface area contributed by atoms with E-state index in [0.717, 1.165) is 25.7 Å². The van der Waals surface area contributed by atoms with Gasteiger partial charge in [-0.15, -0.1) is 0 Å². The van der Waals surface area contributed by atoms with Crippen molar-refractivity contribution in [1.29, 1.82) is 0 Å². The van der Waals surface area contributed by atoms with E-state index in [1.54, 1.807) is 11.6 Å². The predicted molar refractivity (Wildman–Crippen MR) is 69.6 cm³/mol. The highest BCUT2D eigenvalue weighted by Crippen LogP contribution is 2.18. The topological polar surface area (TPSA) is 64.0 Å². The Bertz CT molecular complexity index is 473. The van der Waals surface area contributed by atoms with Crippen LogP contribution in [0, 0.1) is 0 Å². The normalized spacial score (nSPS) is 19.4. The van der Waals surface area contributed by atoms with Crippen molar-refractivity contribution >= 4 is 10.0 Å². The number of hydrogen-bond donors (Lipinski definition) is 1. The van der Waals surface area contributed by atoms with Crippen molar-refractivity contribution in [3.05, 3.63) is 12.5 Å². The van der Waals surface area contributed by atoms with E-state index in [2.05, 4.69) is 9.71 Å². The first-order valence-electron chi connectivity index (χ1n) is 6.58. The fourth-order valence-electron chi connectivity index (χ4n) is 2.38. The Balaban J connectivity index is 2.02. The van der Waals surface area contributed by atoms with Crippen LogP contribution in [0.25, 0.3) is 0 Å². The minimum Gasteiger partial charge on any atom is -0.339 e. The third-order valence-electron chi connectivity index (χ3n) is 3.38. The van der Waals surface area contributed by atoms with E-state index in [9.17, 15) is 8.42 Å². The number of imidazole rings is 1. The summed E-state index contributed by atoms with van der Waals surface area (Å²) in [6, 6.07) is 0.0670. The van der Waals surface area contributed by atoms with Crippen molar-refractivity contribution in [2.24, 2.45) is 7.05 Å². The summed E-state index contributed by atoms with van der Waals surface area (Å²) in [7, 11) is -1.68. The lowest BCUT2D eigenvalue weighted by atomic mass is 9.97. The molecule has 1 aliphatic carbocycles. The summed E-state index contributed by atoms with van der Waals surface area (Å²) >= 11 is 0. The van der Waals surface area contributed by atoms with Crippen molar-refractivity contribution in [2.45, 2.75) is 56.0 Å². The molecule has 1 N–H and O–H groups in total. The Kier molecular flexibility index (Phi) is 4.40. The van der Waals surface area contributed by atoms with Gasteiger partial charge in [0.05, 0.1) is 6.33 Å². The minimum atomic E-state index is -3.45. The maximum atomic E-state index is 12.1. The van der Waals surface area contributed by atoms with Gasteiger partial charge in [0.2, 0.25) is 0 Å². The molecule has 2 rings (SSSR count). The van der Waals surface area contributed by atoms with Gasteiger partial charge >= 0.3 is 0 Å². The van der Waals surface area contributed by atoms with Crippen LogP contribution in [0.3, 0.4) is 0 Å². The zero-order chi connectivity index (χ0) is 13.0. The van der Waals surface area contributed by atoms with Gasteiger partial charge in [0, 0.05) is 19.3 Å². The molecule has 0 atom stereocenters. The van der Waals surface area contributed by atoms with Gasteiger partial charge in [-0.05, 0) is 12.8 Å². The van der Waals surface area contributed by atoms with Crippen LogP contribution in [0.15, 0.2) is 17.6 Å². The maximum Gasteiger partial charge on any atom is 0.259 e. The minimum absolute atomic E-state index is 0.0670. The number of aromatic nitrogens is 2. The zero-order valence-electron chi connectivity index (χ0n) is 10.8. The van der Waals surface area contributed by atoms with Gasteiger partial charge in [0.1, 0.15) is 0 Å². The predicted octanol–water partition coefficient (Wildman–Crippen LogP) is 1.81. The zero-order valence-corrected chi connectivity index (χ0v) is 11.6. The summed E-state index contributed by atoms with van der Waals surface area (Å²) < 4.78 is 28.7. The SMILES string of the molecule is Cn1cnc(S(=O)(=O)NC2CCCCCCC2)c1. The van der Waals surface area contributed by atoms with Crippen LogP contribution in [-0.2, 0) is 17.1 Å². The Morgan fingerprint density at radius 3 is 2.39 bits per heavy atom. The highest BCUT2D eigenvalue weighted by atomic mass is 32.2. The molecule has 1 heterocycles. The second kappa shape index (κ2) is 5.84. The molecule has 0 amide bonds. The number of nitrogens with one attached hydrogen (secondary N) is 1. The van der Waals surface area contributed by atoms with E-state index < -0.39 is 10.0 Å². The average Bonchev–Trinajstić information content (AvgIpc) is 2.69. The van der Waals surface area contributed by atoms with Crippen LogP contribution in [-0.4, -0.2) is 24.0 Å². The lowest BCUT2D eigenvalue weighted by Crippen LogP contribution is -2.35. The molecule has 0 unspecified atom stereocenters. The van der Waals surface area contributed by atoms with Gasteiger partial charge in [-0.2, -0.15) is 0 Å². The largest absolute Gasteiger partial charge is 0.339 e. The van der Waals surface area contributed by atoms with E-state index in [0.29, 0.717) is 0 Å². The quantitative estimate of drug-likeness (QED) is 0.912. The number of hydrogen-bond acceptors (Lipinski definition) is 3. The van der Waals surface area contributed by atoms with Crippen molar-refractivity contribution < 1.29 is 8.42 Å². The molecule has 0 spiro atoms. The second-order valence-electron chi connectivity index (χ2n) is 5.04. The van der Waals surface area contributed by atoms with Crippen LogP contribution in [0.1, 0.15) is 44.9 Å². The first kappa shape index (κ1) is 13.5. The molecule has 0 saturated heterocycles. The summed E-state index contributed by atoms with van der Waals surface area (Å²) in [6.07, 6.45) is 10.8. The fraction of sp³-hybridized carbons (Fsp3) is 0.750. The highest BCUT2D eigenvalue weighted by Gasteiger charge is 2.22. The monoisotopic (exact) mass is 271 g/mol. The third kappa shape index (κ3) is 3.55. The van der Waals surface area contributed by atoms with Gasteiger partial charge in [-0.1, -0.05) is 32.1 Å². The number of nitrogens with zero attached hydrogens (tertiary/aromatic N) is 2. The van der Waals surface area contributed by atoms with Crippen LogP contribution in [0.4, 0.5) is 0 Å². The smallest absolute Gasteiger partial charge is 0.259 e. The van der Waals surface area contributed by atoms with E-state index in [4.69, 9.17) is 0 Å². The molecule has 5 nitrogen and oxygen atoms in total. The summed E-state index contributed by atoms with van der Waals surface area (Å²) in [5.41, 5.74) is 0. The van der Waals surface area contributed by atoms with Crippen LogP contribution in [0.2, 0.25) is 0 Å². The first-order valence-corrected chi connectivity index (χ1v) is 8.06. The molecule has 18 heavy (non-hydrogen) atoms. The van der Waals surface area contributed by atoms with Gasteiger partial charge in [-0.3, -0.25) is 0 Å². The van der Waals surface area contributed by atoms with Crippen molar-refractivity contribution in [1.82, 2.24) is 14.3 Å². The molecule has 1 aromatic heterocycles. The summed E-state index contributed by atoms with van der Waals surface area (Å²) in [5, 5.41) is 0.118. The lowest BCUT2D eigenvalue weighted by molar-refractivity contribution is 0.426. The standard InChI is InChI=1S/C12H21N3O2S/c1-15-9-12(13-10-15)18(16,17)14-11-7-5-3-2-4-6-8-11/h9-11,14H,2-8H2,1H3. The van der Waals surface area contributed by atoms with Gasteiger partial charge in [0.25, 0.3) is 10.0 Å². The summed E-state index contributed by atoms with van der Waals surface area (Å²) in [6.45, 7) is 0. The Morgan fingerprint density at radius 2 is 1.83 bits per heavy atom. The van der Waals surface area contributed by atoms with Crippen LogP contribution in [0.5, 0.6) is 0 Å².